The summed E-state index contributed by atoms with van der Waals surface area (Å²) in [4.78, 5) is 8.56. The van der Waals surface area contributed by atoms with Crippen LogP contribution >= 0.6 is 0 Å². The van der Waals surface area contributed by atoms with Crippen molar-refractivity contribution in [3.63, 3.8) is 0 Å². The highest BCUT2D eigenvalue weighted by atomic mass is 15.0. The smallest absolute Gasteiger partial charge is 0.138 e. The second-order valence-electron chi connectivity index (χ2n) is 3.52. The molecule has 0 aliphatic rings. The molecule has 1 aromatic rings. The van der Waals surface area contributed by atoms with Gasteiger partial charge in [-0.05, 0) is 6.92 Å². The molecule has 0 bridgehead atoms. The van der Waals surface area contributed by atoms with Gasteiger partial charge in [-0.25, -0.2) is 9.97 Å². The van der Waals surface area contributed by atoms with Crippen molar-refractivity contribution < 1.29 is 0 Å². The van der Waals surface area contributed by atoms with E-state index in [0.717, 1.165) is 17.2 Å². The molecular weight excluding hydrogens is 176 g/mol. The minimum atomic E-state index is 0.308. The fraction of sp³-hybridized carbons (Fsp3) is 0.500. The van der Waals surface area contributed by atoms with Gasteiger partial charge in [-0.1, -0.05) is 13.8 Å². The fourth-order valence-electron chi connectivity index (χ4n) is 1.14. The first-order valence-electron chi connectivity index (χ1n) is 4.66. The fourth-order valence-corrected chi connectivity index (χ4v) is 1.14. The van der Waals surface area contributed by atoms with Gasteiger partial charge in [0.1, 0.15) is 11.6 Å². The number of nitrogens with zero attached hydrogens (tertiary/aromatic N) is 2. The van der Waals surface area contributed by atoms with E-state index >= 15 is 0 Å². The minimum absolute atomic E-state index is 0.308. The van der Waals surface area contributed by atoms with E-state index in [1.165, 1.54) is 0 Å². The molecule has 0 aliphatic heterocycles. The number of hydrogen-bond acceptors (Lipinski definition) is 4. The normalized spacial score (nSPS) is 10.4. The van der Waals surface area contributed by atoms with E-state index in [-0.39, 0.29) is 0 Å². The first kappa shape index (κ1) is 10.6. The maximum Gasteiger partial charge on any atom is 0.138 e. The molecule has 4 nitrogen and oxygen atoms in total. The molecule has 0 saturated carbocycles. The lowest BCUT2D eigenvalue weighted by Gasteiger charge is -2.09. The Balaban J connectivity index is 3.18. The van der Waals surface area contributed by atoms with Crippen LogP contribution in [0.3, 0.4) is 0 Å². The summed E-state index contributed by atoms with van der Waals surface area (Å²) in [6.45, 7) is 5.83. The van der Waals surface area contributed by atoms with Crippen LogP contribution in [-0.2, 0) is 0 Å². The van der Waals surface area contributed by atoms with Crippen LogP contribution < -0.4 is 5.32 Å². The predicted octanol–water partition coefficient (Wildman–Crippen LogP) is 2.03. The lowest BCUT2D eigenvalue weighted by molar-refractivity contribution is 0.775. The summed E-state index contributed by atoms with van der Waals surface area (Å²) in [5.74, 6) is 1.85. The molecule has 2 N–H and O–H groups in total. The summed E-state index contributed by atoms with van der Waals surface area (Å²) in [7, 11) is 1.80. The molecule has 0 aliphatic carbocycles. The third kappa shape index (κ3) is 2.07. The van der Waals surface area contributed by atoms with Crippen molar-refractivity contribution in [1.29, 1.82) is 5.41 Å². The van der Waals surface area contributed by atoms with Crippen molar-refractivity contribution in [3.8, 4) is 0 Å². The molecule has 76 valence electrons. The Morgan fingerprint density at radius 2 is 2.14 bits per heavy atom. The molecule has 0 radical (unpaired) electrons. The Labute approximate surface area is 84.3 Å². The van der Waals surface area contributed by atoms with Crippen molar-refractivity contribution >= 4 is 11.5 Å². The zero-order chi connectivity index (χ0) is 10.7. The lowest BCUT2D eigenvalue weighted by Crippen LogP contribution is -2.07. The zero-order valence-corrected chi connectivity index (χ0v) is 9.05. The number of hydrogen-bond donors (Lipinski definition) is 2. The molecule has 0 spiro atoms. The van der Waals surface area contributed by atoms with Crippen LogP contribution in [0.15, 0.2) is 6.20 Å². The van der Waals surface area contributed by atoms with Gasteiger partial charge in [-0.2, -0.15) is 0 Å². The van der Waals surface area contributed by atoms with E-state index in [4.69, 9.17) is 5.41 Å². The number of rotatable bonds is 3. The SMILES string of the molecule is CNc1nc(C(C)C)ncc1C(C)=N. The molecular formula is C10H16N4. The van der Waals surface area contributed by atoms with E-state index in [2.05, 4.69) is 15.3 Å². The molecule has 0 aromatic carbocycles. The number of aromatic nitrogens is 2. The maximum absolute atomic E-state index is 7.54. The molecule has 0 atom stereocenters. The number of nitrogens with one attached hydrogen (secondary N) is 2. The molecule has 4 heteroatoms. The molecule has 0 unspecified atom stereocenters. The number of anilines is 1. The second kappa shape index (κ2) is 4.17. The molecule has 1 rings (SSSR count). The van der Waals surface area contributed by atoms with Crippen molar-refractivity contribution in [1.82, 2.24) is 9.97 Å². The highest BCUT2D eigenvalue weighted by Gasteiger charge is 2.09. The van der Waals surface area contributed by atoms with Crippen molar-refractivity contribution in [2.45, 2.75) is 26.7 Å². The van der Waals surface area contributed by atoms with Gasteiger partial charge < -0.3 is 10.7 Å². The van der Waals surface area contributed by atoms with Crippen LogP contribution in [-0.4, -0.2) is 22.7 Å². The van der Waals surface area contributed by atoms with Gasteiger partial charge in [0.2, 0.25) is 0 Å². The van der Waals surface area contributed by atoms with Crippen LogP contribution in [0.2, 0.25) is 0 Å². The monoisotopic (exact) mass is 192 g/mol. The average Bonchev–Trinajstić information content (AvgIpc) is 2.16. The summed E-state index contributed by atoms with van der Waals surface area (Å²) in [6.07, 6.45) is 1.70. The Morgan fingerprint density at radius 1 is 1.50 bits per heavy atom. The third-order valence-corrected chi connectivity index (χ3v) is 1.96. The van der Waals surface area contributed by atoms with E-state index in [1.807, 2.05) is 13.8 Å². The van der Waals surface area contributed by atoms with Gasteiger partial charge in [0.25, 0.3) is 0 Å². The Morgan fingerprint density at radius 3 is 2.57 bits per heavy atom. The lowest BCUT2D eigenvalue weighted by atomic mass is 10.1. The topological polar surface area (TPSA) is 61.7 Å². The molecule has 0 amide bonds. The van der Waals surface area contributed by atoms with Crippen molar-refractivity contribution in [2.75, 3.05) is 12.4 Å². The van der Waals surface area contributed by atoms with Crippen LogP contribution in [0.5, 0.6) is 0 Å². The summed E-state index contributed by atoms with van der Waals surface area (Å²) >= 11 is 0. The van der Waals surface area contributed by atoms with Gasteiger partial charge in [0.05, 0.1) is 5.56 Å². The van der Waals surface area contributed by atoms with Crippen molar-refractivity contribution in [3.05, 3.63) is 17.6 Å². The Hall–Kier alpha value is -1.45. The van der Waals surface area contributed by atoms with Gasteiger partial charge in [-0.3, -0.25) is 0 Å². The predicted molar refractivity (Wildman–Crippen MR) is 58.2 cm³/mol. The Kier molecular flexibility index (Phi) is 3.17. The summed E-state index contributed by atoms with van der Waals surface area (Å²) < 4.78 is 0. The average molecular weight is 192 g/mol. The zero-order valence-electron chi connectivity index (χ0n) is 9.05. The van der Waals surface area contributed by atoms with Gasteiger partial charge in [0, 0.05) is 24.9 Å². The van der Waals surface area contributed by atoms with Crippen LogP contribution in [0, 0.1) is 5.41 Å². The minimum Gasteiger partial charge on any atom is -0.372 e. The highest BCUT2D eigenvalue weighted by molar-refractivity contribution is 6.00. The molecule has 1 aromatic heterocycles. The molecule has 0 saturated heterocycles. The quantitative estimate of drug-likeness (QED) is 0.720. The van der Waals surface area contributed by atoms with Crippen LogP contribution in [0.1, 0.15) is 38.1 Å². The Bertz CT molecular complexity index is 344. The van der Waals surface area contributed by atoms with Crippen LogP contribution in [0.4, 0.5) is 5.82 Å². The summed E-state index contributed by atoms with van der Waals surface area (Å²) in [5, 5.41) is 10.5. The van der Waals surface area contributed by atoms with Gasteiger partial charge in [0.15, 0.2) is 0 Å². The largest absolute Gasteiger partial charge is 0.372 e. The van der Waals surface area contributed by atoms with Crippen molar-refractivity contribution in [2.24, 2.45) is 0 Å². The maximum atomic E-state index is 7.54. The third-order valence-electron chi connectivity index (χ3n) is 1.96. The van der Waals surface area contributed by atoms with E-state index in [1.54, 1.807) is 20.2 Å². The summed E-state index contributed by atoms with van der Waals surface area (Å²) in [5.41, 5.74) is 1.24. The standard InChI is InChI=1S/C10H16N4/c1-6(2)9-13-5-8(7(3)11)10(12-4)14-9/h5-6,11H,1-4H3,(H,12,13,14). The van der Waals surface area contributed by atoms with Gasteiger partial charge in [-0.15, -0.1) is 0 Å². The van der Waals surface area contributed by atoms with Gasteiger partial charge >= 0.3 is 0 Å². The second-order valence-corrected chi connectivity index (χ2v) is 3.52. The van der Waals surface area contributed by atoms with Crippen LogP contribution in [0.25, 0.3) is 0 Å². The van der Waals surface area contributed by atoms with E-state index in [0.29, 0.717) is 11.6 Å². The highest BCUT2D eigenvalue weighted by Crippen LogP contribution is 2.15. The molecule has 14 heavy (non-hydrogen) atoms. The molecule has 1 heterocycles. The summed E-state index contributed by atoms with van der Waals surface area (Å²) in [6, 6.07) is 0. The first-order valence-corrected chi connectivity index (χ1v) is 4.66. The first-order chi connectivity index (χ1) is 6.56. The van der Waals surface area contributed by atoms with E-state index < -0.39 is 0 Å². The molecule has 0 fully saturated rings. The van der Waals surface area contributed by atoms with E-state index in [9.17, 15) is 0 Å².